The number of rotatable bonds is 6. The Labute approximate surface area is 310 Å². The fourth-order valence-electron chi connectivity index (χ4n) is 8.43. The summed E-state index contributed by atoms with van der Waals surface area (Å²) in [6.07, 6.45) is 0. The molecule has 53 heavy (non-hydrogen) atoms. The highest BCUT2D eigenvalue weighted by Gasteiger charge is 2.35. The second-order valence-electron chi connectivity index (χ2n) is 14.6. The summed E-state index contributed by atoms with van der Waals surface area (Å²) in [6, 6.07) is 67.9. The van der Waals surface area contributed by atoms with Crippen molar-refractivity contribution in [2.24, 2.45) is 0 Å². The second kappa shape index (κ2) is 12.3. The van der Waals surface area contributed by atoms with Gasteiger partial charge >= 0.3 is 0 Å². The van der Waals surface area contributed by atoms with E-state index in [0.717, 1.165) is 50.1 Å². The first kappa shape index (κ1) is 31.1. The van der Waals surface area contributed by atoms with Gasteiger partial charge in [-0.3, -0.25) is 0 Å². The lowest BCUT2D eigenvalue weighted by atomic mass is 9.82. The van der Waals surface area contributed by atoms with Crippen molar-refractivity contribution in [3.8, 4) is 44.5 Å². The van der Waals surface area contributed by atoms with Crippen molar-refractivity contribution in [2.45, 2.75) is 19.3 Å². The van der Waals surface area contributed by atoms with E-state index in [1.165, 1.54) is 44.5 Å². The van der Waals surface area contributed by atoms with Crippen molar-refractivity contribution < 1.29 is 4.42 Å². The van der Waals surface area contributed by atoms with E-state index in [1.807, 2.05) is 12.1 Å². The standard InChI is InChI=1S/C51H37NO/c1-51(2)46-22-8-6-19-43(46)45-33-37(27-30-47(45)51)35-25-28-39(29-26-35)52(40-17-10-15-36(31-40)34-13-4-3-5-14-34)41-18-11-16-38(32-41)42-21-12-24-49-50(42)44-20-7-9-23-48(44)53-49/h3-33H,1-2H3. The minimum atomic E-state index is -0.00607. The molecule has 2 nitrogen and oxygen atoms in total. The molecule has 1 aliphatic carbocycles. The van der Waals surface area contributed by atoms with Crippen LogP contribution in [0.5, 0.6) is 0 Å². The quantitative estimate of drug-likeness (QED) is 0.174. The van der Waals surface area contributed by atoms with Gasteiger partial charge in [-0.1, -0.05) is 147 Å². The molecule has 0 amide bonds. The maximum Gasteiger partial charge on any atom is 0.136 e. The third-order valence-electron chi connectivity index (χ3n) is 11.1. The largest absolute Gasteiger partial charge is 0.456 e. The van der Waals surface area contributed by atoms with Crippen molar-refractivity contribution in [2.75, 3.05) is 4.90 Å². The molecule has 2 heteroatoms. The lowest BCUT2D eigenvalue weighted by Gasteiger charge is -2.27. The van der Waals surface area contributed by atoms with E-state index in [4.69, 9.17) is 4.42 Å². The van der Waals surface area contributed by atoms with Crippen LogP contribution in [0.1, 0.15) is 25.0 Å². The Balaban J connectivity index is 1.09. The van der Waals surface area contributed by atoms with E-state index in [-0.39, 0.29) is 5.41 Å². The number of nitrogens with zero attached hydrogens (tertiary/aromatic N) is 1. The van der Waals surface area contributed by atoms with Crippen LogP contribution >= 0.6 is 0 Å². The molecule has 0 aliphatic heterocycles. The molecule has 1 aliphatic rings. The van der Waals surface area contributed by atoms with Gasteiger partial charge in [0.05, 0.1) is 0 Å². The van der Waals surface area contributed by atoms with Gasteiger partial charge in [-0.05, 0) is 110 Å². The van der Waals surface area contributed by atoms with Gasteiger partial charge in [0.25, 0.3) is 0 Å². The summed E-state index contributed by atoms with van der Waals surface area (Å²) >= 11 is 0. The average Bonchev–Trinajstić information content (AvgIpc) is 3.71. The first-order valence-electron chi connectivity index (χ1n) is 18.3. The molecule has 0 bridgehead atoms. The highest BCUT2D eigenvalue weighted by Crippen LogP contribution is 2.50. The molecule has 0 spiro atoms. The number of hydrogen-bond donors (Lipinski definition) is 0. The maximum absolute atomic E-state index is 6.28. The number of furan rings is 1. The Morgan fingerprint density at radius 1 is 0.377 bits per heavy atom. The van der Waals surface area contributed by atoms with E-state index >= 15 is 0 Å². The van der Waals surface area contributed by atoms with E-state index in [2.05, 4.69) is 195 Å². The van der Waals surface area contributed by atoms with E-state index in [9.17, 15) is 0 Å². The zero-order valence-electron chi connectivity index (χ0n) is 29.8. The first-order chi connectivity index (χ1) is 26.0. The van der Waals surface area contributed by atoms with Gasteiger partial charge in [-0.2, -0.15) is 0 Å². The molecule has 9 aromatic rings. The SMILES string of the molecule is CC1(C)c2ccccc2-c2cc(-c3ccc(N(c4cccc(-c5ccccc5)c4)c4cccc(-c5cccc6oc7ccccc7c56)c4)cc3)ccc21. The van der Waals surface area contributed by atoms with Crippen molar-refractivity contribution >= 4 is 39.0 Å². The fourth-order valence-corrected chi connectivity index (χ4v) is 8.43. The van der Waals surface area contributed by atoms with Gasteiger partial charge in [0.1, 0.15) is 11.2 Å². The van der Waals surface area contributed by atoms with Gasteiger partial charge in [0.2, 0.25) is 0 Å². The van der Waals surface area contributed by atoms with Crippen LogP contribution in [0.2, 0.25) is 0 Å². The van der Waals surface area contributed by atoms with Crippen LogP contribution in [-0.4, -0.2) is 0 Å². The number of anilines is 3. The Morgan fingerprint density at radius 3 is 1.77 bits per heavy atom. The predicted octanol–water partition coefficient (Wildman–Crippen LogP) is 14.4. The molecular weight excluding hydrogens is 643 g/mol. The third-order valence-corrected chi connectivity index (χ3v) is 11.1. The summed E-state index contributed by atoms with van der Waals surface area (Å²) in [4.78, 5) is 2.37. The Bertz CT molecular complexity index is 2810. The Kier molecular flexibility index (Phi) is 7.19. The monoisotopic (exact) mass is 679 g/mol. The van der Waals surface area contributed by atoms with Crippen molar-refractivity contribution in [3.63, 3.8) is 0 Å². The molecule has 8 aromatic carbocycles. The summed E-state index contributed by atoms with van der Waals surface area (Å²) in [6.45, 7) is 4.67. The molecule has 0 unspecified atom stereocenters. The number of benzene rings is 8. The minimum Gasteiger partial charge on any atom is -0.456 e. The molecule has 0 radical (unpaired) electrons. The van der Waals surface area contributed by atoms with Gasteiger partial charge in [0, 0.05) is 33.2 Å². The number of para-hydroxylation sites is 1. The van der Waals surface area contributed by atoms with Gasteiger partial charge in [0.15, 0.2) is 0 Å². The molecule has 0 N–H and O–H groups in total. The zero-order chi connectivity index (χ0) is 35.5. The van der Waals surface area contributed by atoms with Crippen LogP contribution < -0.4 is 4.90 Å². The van der Waals surface area contributed by atoms with E-state index in [1.54, 1.807) is 0 Å². The second-order valence-corrected chi connectivity index (χ2v) is 14.6. The molecule has 1 aromatic heterocycles. The number of hydrogen-bond acceptors (Lipinski definition) is 2. The third kappa shape index (κ3) is 5.18. The molecule has 0 fully saturated rings. The van der Waals surface area contributed by atoms with Crippen LogP contribution in [0.15, 0.2) is 192 Å². The van der Waals surface area contributed by atoms with Crippen LogP contribution in [0.4, 0.5) is 17.1 Å². The van der Waals surface area contributed by atoms with Gasteiger partial charge in [-0.15, -0.1) is 0 Å². The Morgan fingerprint density at radius 2 is 0.943 bits per heavy atom. The molecule has 0 saturated carbocycles. The highest BCUT2D eigenvalue weighted by atomic mass is 16.3. The van der Waals surface area contributed by atoms with E-state index < -0.39 is 0 Å². The van der Waals surface area contributed by atoms with Crippen LogP contribution in [0.3, 0.4) is 0 Å². The van der Waals surface area contributed by atoms with Crippen LogP contribution in [0, 0.1) is 0 Å². The fraction of sp³-hybridized carbons (Fsp3) is 0.0588. The summed E-state index contributed by atoms with van der Waals surface area (Å²) in [5.74, 6) is 0. The smallest absolute Gasteiger partial charge is 0.136 e. The van der Waals surface area contributed by atoms with Crippen molar-refractivity contribution in [1.82, 2.24) is 0 Å². The molecule has 0 saturated heterocycles. The van der Waals surface area contributed by atoms with Crippen LogP contribution in [0.25, 0.3) is 66.4 Å². The summed E-state index contributed by atoms with van der Waals surface area (Å²) < 4.78 is 6.28. The van der Waals surface area contributed by atoms with Crippen molar-refractivity contribution in [3.05, 3.63) is 199 Å². The summed E-state index contributed by atoms with van der Waals surface area (Å²) in [5, 5.41) is 2.27. The Hall–Kier alpha value is -6.64. The van der Waals surface area contributed by atoms with E-state index in [0.29, 0.717) is 0 Å². The minimum absolute atomic E-state index is 0.00607. The number of fused-ring (bicyclic) bond motifs is 6. The van der Waals surface area contributed by atoms with Crippen LogP contribution in [-0.2, 0) is 5.41 Å². The normalized spacial score (nSPS) is 12.9. The molecule has 0 atom stereocenters. The van der Waals surface area contributed by atoms with Gasteiger partial charge in [-0.25, -0.2) is 0 Å². The first-order valence-corrected chi connectivity index (χ1v) is 18.3. The highest BCUT2D eigenvalue weighted by molar-refractivity contribution is 6.12. The molecule has 1 heterocycles. The lowest BCUT2D eigenvalue weighted by molar-refractivity contribution is 0.660. The predicted molar refractivity (Wildman–Crippen MR) is 222 cm³/mol. The van der Waals surface area contributed by atoms with Gasteiger partial charge < -0.3 is 9.32 Å². The van der Waals surface area contributed by atoms with Crippen molar-refractivity contribution in [1.29, 1.82) is 0 Å². The average molecular weight is 680 g/mol. The summed E-state index contributed by atoms with van der Waals surface area (Å²) in [7, 11) is 0. The molecule has 10 rings (SSSR count). The molecular formula is C51H37NO. The zero-order valence-corrected chi connectivity index (χ0v) is 29.8. The molecule has 252 valence electrons. The maximum atomic E-state index is 6.28. The lowest BCUT2D eigenvalue weighted by Crippen LogP contribution is -2.14. The summed E-state index contributed by atoms with van der Waals surface area (Å²) in [5.41, 5.74) is 17.6. The topological polar surface area (TPSA) is 16.4 Å².